The van der Waals surface area contributed by atoms with Gasteiger partial charge in [-0.25, -0.2) is 0 Å². The number of hydrogen-bond donors (Lipinski definition) is 0. The molecule has 1 aliphatic rings. The molecule has 1 aliphatic heterocycles. The molecule has 2 aromatic rings. The van der Waals surface area contributed by atoms with Crippen LogP contribution in [0.15, 0.2) is 28.6 Å². The third kappa shape index (κ3) is 3.00. The summed E-state index contributed by atoms with van der Waals surface area (Å²) in [6.07, 6.45) is 0.00616. The summed E-state index contributed by atoms with van der Waals surface area (Å²) < 4.78 is 12.5. The molecule has 3 rings (SSSR count). The third-order valence-corrected chi connectivity index (χ3v) is 5.64. The van der Waals surface area contributed by atoms with Crippen molar-refractivity contribution in [1.29, 1.82) is 0 Å². The van der Waals surface area contributed by atoms with Crippen molar-refractivity contribution in [3.8, 4) is 5.75 Å². The van der Waals surface area contributed by atoms with Gasteiger partial charge in [0.25, 0.3) is 0 Å². The maximum absolute atomic E-state index is 5.84. The number of fused-ring (bicyclic) bond motifs is 1. The predicted molar refractivity (Wildman–Crippen MR) is 85.6 cm³/mol. The SMILES string of the molecule is CO[C@H]1c2ccccc2OC[C@H]1Sc1nnc(N(C)C)s1. The fraction of sp³-hybridized carbons (Fsp3) is 0.429. The molecule has 0 spiro atoms. The first-order chi connectivity index (χ1) is 10.2. The van der Waals surface area contributed by atoms with Crippen LogP contribution in [0.3, 0.4) is 0 Å². The summed E-state index contributed by atoms with van der Waals surface area (Å²) in [6, 6.07) is 8.03. The van der Waals surface area contributed by atoms with E-state index in [9.17, 15) is 0 Å². The maximum atomic E-state index is 5.84. The monoisotopic (exact) mass is 323 g/mol. The van der Waals surface area contributed by atoms with E-state index in [1.807, 2.05) is 37.2 Å². The number of hydrogen-bond acceptors (Lipinski definition) is 7. The van der Waals surface area contributed by atoms with Crippen molar-refractivity contribution in [1.82, 2.24) is 10.2 Å². The van der Waals surface area contributed by atoms with Gasteiger partial charge in [-0.2, -0.15) is 0 Å². The lowest BCUT2D eigenvalue weighted by Crippen LogP contribution is -2.29. The smallest absolute Gasteiger partial charge is 0.208 e. The van der Waals surface area contributed by atoms with Crippen LogP contribution in [0.4, 0.5) is 5.13 Å². The van der Waals surface area contributed by atoms with E-state index in [0.29, 0.717) is 6.61 Å². The standard InChI is InChI=1S/C14H17N3O2S2/c1-17(2)13-15-16-14(21-13)20-11-8-19-10-7-5-4-6-9(10)12(11)18-3/h4-7,11-12H,8H2,1-3H3/t11-,12+/m1/s1. The molecule has 0 amide bonds. The Bertz CT molecular complexity index is 618. The normalized spacial score (nSPS) is 20.7. The molecule has 0 bridgehead atoms. The van der Waals surface area contributed by atoms with Crippen molar-refractivity contribution < 1.29 is 9.47 Å². The summed E-state index contributed by atoms with van der Waals surface area (Å²) in [4.78, 5) is 1.96. The van der Waals surface area contributed by atoms with Crippen LogP contribution in [0.5, 0.6) is 5.75 Å². The Morgan fingerprint density at radius 1 is 1.33 bits per heavy atom. The van der Waals surface area contributed by atoms with Crippen LogP contribution in [-0.4, -0.2) is 43.3 Å². The molecule has 0 radical (unpaired) electrons. The molecule has 5 nitrogen and oxygen atoms in total. The summed E-state index contributed by atoms with van der Waals surface area (Å²) in [5, 5.41) is 9.48. The second-order valence-corrected chi connectivity index (χ2v) is 7.35. The number of anilines is 1. The first-order valence-corrected chi connectivity index (χ1v) is 8.30. The van der Waals surface area contributed by atoms with Gasteiger partial charge in [0.05, 0.1) is 5.25 Å². The Labute approximate surface area is 132 Å². The fourth-order valence-corrected chi connectivity index (χ4v) is 4.39. The van der Waals surface area contributed by atoms with Gasteiger partial charge in [0.1, 0.15) is 18.5 Å². The number of benzene rings is 1. The topological polar surface area (TPSA) is 47.5 Å². The summed E-state index contributed by atoms with van der Waals surface area (Å²) in [5.41, 5.74) is 1.10. The molecule has 7 heteroatoms. The zero-order valence-electron chi connectivity index (χ0n) is 12.1. The van der Waals surface area contributed by atoms with Crippen molar-refractivity contribution in [3.63, 3.8) is 0 Å². The molecule has 21 heavy (non-hydrogen) atoms. The molecular formula is C14H17N3O2S2. The average molecular weight is 323 g/mol. The van der Waals surface area contributed by atoms with Crippen LogP contribution in [0.1, 0.15) is 11.7 Å². The van der Waals surface area contributed by atoms with Crippen molar-refractivity contribution in [2.75, 3.05) is 32.7 Å². The van der Waals surface area contributed by atoms with E-state index in [2.05, 4.69) is 16.3 Å². The average Bonchev–Trinajstić information content (AvgIpc) is 2.96. The minimum atomic E-state index is 0.00616. The van der Waals surface area contributed by atoms with E-state index >= 15 is 0 Å². The van der Waals surface area contributed by atoms with Gasteiger partial charge in [-0.05, 0) is 6.07 Å². The lowest BCUT2D eigenvalue weighted by molar-refractivity contribution is 0.0697. The number of para-hydroxylation sites is 1. The summed E-state index contributed by atoms with van der Waals surface area (Å²) in [5.74, 6) is 0.910. The number of nitrogens with zero attached hydrogens (tertiary/aromatic N) is 3. The number of rotatable bonds is 4. The minimum Gasteiger partial charge on any atom is -0.492 e. The van der Waals surface area contributed by atoms with E-state index in [1.165, 1.54) is 0 Å². The lowest BCUT2D eigenvalue weighted by atomic mass is 10.0. The molecule has 0 aliphatic carbocycles. The second kappa shape index (κ2) is 6.21. The third-order valence-electron chi connectivity index (χ3n) is 3.25. The molecule has 2 atom stereocenters. The van der Waals surface area contributed by atoms with Crippen LogP contribution in [-0.2, 0) is 4.74 Å². The van der Waals surface area contributed by atoms with E-state index in [1.54, 1.807) is 30.2 Å². The van der Waals surface area contributed by atoms with E-state index in [-0.39, 0.29) is 11.4 Å². The molecule has 1 aromatic carbocycles. The summed E-state index contributed by atoms with van der Waals surface area (Å²) in [7, 11) is 5.67. The van der Waals surface area contributed by atoms with Crippen molar-refractivity contribution in [2.45, 2.75) is 15.7 Å². The largest absolute Gasteiger partial charge is 0.492 e. The van der Waals surface area contributed by atoms with Gasteiger partial charge >= 0.3 is 0 Å². The van der Waals surface area contributed by atoms with Crippen LogP contribution in [0.2, 0.25) is 0 Å². The van der Waals surface area contributed by atoms with Crippen LogP contribution < -0.4 is 9.64 Å². The number of thioether (sulfide) groups is 1. The first kappa shape index (κ1) is 14.6. The maximum Gasteiger partial charge on any atom is 0.208 e. The van der Waals surface area contributed by atoms with E-state index in [4.69, 9.17) is 9.47 Å². The van der Waals surface area contributed by atoms with Crippen molar-refractivity contribution in [3.05, 3.63) is 29.8 Å². The van der Waals surface area contributed by atoms with Crippen LogP contribution in [0.25, 0.3) is 0 Å². The molecule has 0 N–H and O–H groups in total. The fourth-order valence-electron chi connectivity index (χ4n) is 2.24. The second-order valence-electron chi connectivity index (χ2n) is 4.91. The highest BCUT2D eigenvalue weighted by Gasteiger charge is 2.32. The van der Waals surface area contributed by atoms with Gasteiger partial charge < -0.3 is 14.4 Å². The molecule has 0 saturated heterocycles. The number of aromatic nitrogens is 2. The Morgan fingerprint density at radius 3 is 2.86 bits per heavy atom. The Morgan fingerprint density at radius 2 is 2.14 bits per heavy atom. The van der Waals surface area contributed by atoms with Gasteiger partial charge in [0, 0.05) is 26.8 Å². The van der Waals surface area contributed by atoms with E-state index < -0.39 is 0 Å². The highest BCUT2D eigenvalue weighted by Crippen LogP contribution is 2.42. The summed E-state index contributed by atoms with van der Waals surface area (Å²) >= 11 is 3.25. The predicted octanol–water partition coefficient (Wildman–Crippen LogP) is 2.84. The van der Waals surface area contributed by atoms with E-state index in [0.717, 1.165) is 20.8 Å². The molecule has 0 saturated carbocycles. The van der Waals surface area contributed by atoms with Gasteiger partial charge in [-0.15, -0.1) is 10.2 Å². The van der Waals surface area contributed by atoms with Crippen molar-refractivity contribution in [2.24, 2.45) is 0 Å². The van der Waals surface area contributed by atoms with Crippen LogP contribution >= 0.6 is 23.1 Å². The Hall–Kier alpha value is -1.31. The van der Waals surface area contributed by atoms with Crippen molar-refractivity contribution >= 4 is 28.2 Å². The zero-order valence-corrected chi connectivity index (χ0v) is 13.8. The van der Waals surface area contributed by atoms with Gasteiger partial charge in [-0.1, -0.05) is 41.3 Å². The molecule has 0 fully saturated rings. The highest BCUT2D eigenvalue weighted by atomic mass is 32.2. The van der Waals surface area contributed by atoms with Gasteiger partial charge in [0.15, 0.2) is 4.34 Å². The lowest BCUT2D eigenvalue weighted by Gasteiger charge is -2.31. The number of ether oxygens (including phenoxy) is 2. The Balaban J connectivity index is 1.79. The quantitative estimate of drug-likeness (QED) is 0.862. The zero-order chi connectivity index (χ0) is 14.8. The number of methoxy groups -OCH3 is 1. The molecular weight excluding hydrogens is 306 g/mol. The van der Waals surface area contributed by atoms with Gasteiger partial charge in [-0.3, -0.25) is 0 Å². The minimum absolute atomic E-state index is 0.00616. The first-order valence-electron chi connectivity index (χ1n) is 6.61. The Kier molecular flexibility index (Phi) is 4.32. The molecule has 112 valence electrons. The summed E-state index contributed by atoms with van der Waals surface area (Å²) in [6.45, 7) is 0.608. The molecule has 0 unspecified atom stereocenters. The van der Waals surface area contributed by atoms with Gasteiger partial charge in [0.2, 0.25) is 5.13 Å². The highest BCUT2D eigenvalue weighted by molar-refractivity contribution is 8.01. The molecule has 2 heterocycles. The van der Waals surface area contributed by atoms with Crippen LogP contribution in [0, 0.1) is 0 Å². The molecule has 1 aromatic heterocycles.